The largest absolute Gasteiger partial charge is 0.459 e. The molecule has 0 aromatic rings. The summed E-state index contributed by atoms with van der Waals surface area (Å²) >= 11 is 0. The van der Waals surface area contributed by atoms with Crippen LogP contribution in [0.3, 0.4) is 0 Å². The normalized spacial score (nSPS) is 48.4. The Hall–Kier alpha value is -0.890. The van der Waals surface area contributed by atoms with Gasteiger partial charge in [-0.15, -0.1) is 0 Å². The molecule has 0 saturated carbocycles. The summed E-state index contributed by atoms with van der Waals surface area (Å²) in [6.07, 6.45) is -5.65. The van der Waals surface area contributed by atoms with Gasteiger partial charge in [0.15, 0.2) is 6.29 Å². The number of aliphatic hydroxyl groups is 5. The van der Waals surface area contributed by atoms with Crippen LogP contribution in [0.2, 0.25) is 0 Å². The van der Waals surface area contributed by atoms with E-state index in [1.165, 1.54) is 6.92 Å². The smallest absolute Gasteiger partial charge is 0.311 e. The molecule has 2 saturated heterocycles. The van der Waals surface area contributed by atoms with E-state index in [1.54, 1.807) is 34.6 Å². The molecule has 0 spiro atoms. The second kappa shape index (κ2) is 14.3. The van der Waals surface area contributed by atoms with Crippen molar-refractivity contribution < 1.29 is 44.5 Å². The van der Waals surface area contributed by atoms with Crippen LogP contribution in [0.4, 0.5) is 0 Å². The molecule has 2 aliphatic rings. The molecule has 2 fully saturated rings. The zero-order chi connectivity index (χ0) is 31.6. The molecular formula is C30H58N2O9. The number of cyclic esters (lactones) is 1. The van der Waals surface area contributed by atoms with E-state index in [0.717, 1.165) is 0 Å². The van der Waals surface area contributed by atoms with Crippen LogP contribution < -0.4 is 0 Å². The maximum absolute atomic E-state index is 13.6. The van der Waals surface area contributed by atoms with Crippen LogP contribution in [-0.2, 0) is 19.0 Å². The third kappa shape index (κ3) is 8.39. The predicted octanol–water partition coefficient (Wildman–Crippen LogP) is 0.976. The van der Waals surface area contributed by atoms with Gasteiger partial charge in [-0.2, -0.15) is 0 Å². The summed E-state index contributed by atoms with van der Waals surface area (Å²) in [6, 6.07) is -0.436. The number of rotatable bonds is 4. The second-order valence-electron chi connectivity index (χ2n) is 13.6. The molecule has 0 aliphatic carbocycles. The van der Waals surface area contributed by atoms with E-state index >= 15 is 0 Å². The average Bonchev–Trinajstić information content (AvgIpc) is 2.88. The minimum Gasteiger partial charge on any atom is -0.459 e. The first-order valence-electron chi connectivity index (χ1n) is 15.1. The second-order valence-corrected chi connectivity index (χ2v) is 13.6. The van der Waals surface area contributed by atoms with Crippen molar-refractivity contribution >= 4 is 5.97 Å². The molecule has 11 heteroatoms. The van der Waals surface area contributed by atoms with Gasteiger partial charge < -0.3 is 49.5 Å². The van der Waals surface area contributed by atoms with Gasteiger partial charge in [-0.1, -0.05) is 20.8 Å². The van der Waals surface area contributed by atoms with E-state index < -0.39 is 71.9 Å². The Labute approximate surface area is 246 Å². The predicted molar refractivity (Wildman–Crippen MR) is 155 cm³/mol. The van der Waals surface area contributed by atoms with E-state index in [-0.39, 0.29) is 30.8 Å². The highest BCUT2D eigenvalue weighted by Crippen LogP contribution is 2.35. The zero-order valence-corrected chi connectivity index (χ0v) is 27.0. The van der Waals surface area contributed by atoms with Crippen molar-refractivity contribution in [2.75, 3.05) is 27.7 Å². The summed E-state index contributed by atoms with van der Waals surface area (Å²) in [5.74, 6) is -2.70. The molecule has 0 aromatic heterocycles. The van der Waals surface area contributed by atoms with Gasteiger partial charge in [0.05, 0.1) is 42.0 Å². The Morgan fingerprint density at radius 3 is 2.17 bits per heavy atom. The van der Waals surface area contributed by atoms with Gasteiger partial charge in [-0.05, 0) is 74.5 Å². The number of aliphatic hydroxyl groups excluding tert-OH is 3. The van der Waals surface area contributed by atoms with Crippen molar-refractivity contribution in [2.45, 2.75) is 141 Å². The first-order valence-corrected chi connectivity index (χ1v) is 15.1. The zero-order valence-electron chi connectivity index (χ0n) is 27.0. The number of hydrogen-bond acceptors (Lipinski definition) is 11. The van der Waals surface area contributed by atoms with Gasteiger partial charge in [-0.25, -0.2) is 0 Å². The Bertz CT molecular complexity index is 841. The molecule has 0 radical (unpaired) electrons. The molecule has 5 N–H and O–H groups in total. The van der Waals surface area contributed by atoms with Crippen LogP contribution in [0.25, 0.3) is 0 Å². The van der Waals surface area contributed by atoms with Crippen LogP contribution >= 0.6 is 0 Å². The van der Waals surface area contributed by atoms with Crippen LogP contribution in [-0.4, -0.2) is 135 Å². The van der Waals surface area contributed by atoms with Crippen LogP contribution in [0.15, 0.2) is 0 Å². The summed E-state index contributed by atoms with van der Waals surface area (Å²) in [7, 11) is 5.59. The third-order valence-electron chi connectivity index (χ3n) is 9.62. The third-order valence-corrected chi connectivity index (χ3v) is 9.62. The van der Waals surface area contributed by atoms with Crippen molar-refractivity contribution in [1.29, 1.82) is 0 Å². The fourth-order valence-electron chi connectivity index (χ4n) is 6.62. The summed E-state index contributed by atoms with van der Waals surface area (Å²) in [5.41, 5.74) is -3.27. The summed E-state index contributed by atoms with van der Waals surface area (Å²) in [4.78, 5) is 17.5. The number of ether oxygens (including phenoxy) is 3. The van der Waals surface area contributed by atoms with Crippen LogP contribution in [0, 0.1) is 17.8 Å². The number of esters is 1. The molecule has 242 valence electrons. The number of carbonyl (C=O) groups excluding carboxylic acids is 1. The number of likely N-dealkylation sites (N-methyl/N-ethyl adjacent to an activating group) is 1. The van der Waals surface area contributed by atoms with Crippen molar-refractivity contribution in [3.05, 3.63) is 0 Å². The van der Waals surface area contributed by atoms with Crippen molar-refractivity contribution in [3.8, 4) is 0 Å². The van der Waals surface area contributed by atoms with E-state index in [2.05, 4.69) is 0 Å². The molecule has 2 aliphatic heterocycles. The van der Waals surface area contributed by atoms with Gasteiger partial charge in [0.2, 0.25) is 0 Å². The highest BCUT2D eigenvalue weighted by Gasteiger charge is 2.48. The standard InChI is InChI=1S/C30H58N2O9/c1-12-22-30(8,38)26(34)16(2)15-32(11)17(3)14-29(7,37)27(35)18(4)25(19(5)28(36)40-22)41-23-13-21(31(9)10)24(33)20(6)39-23/h16-27,33-35,37-38H,12-15H2,1-11H3/t16-,17+,18-,19+,20+,21?,22+,23-,24?,25-,26+,27+,29+,30+/m0/s1. The van der Waals surface area contributed by atoms with E-state index in [1.807, 2.05) is 44.8 Å². The highest BCUT2D eigenvalue weighted by molar-refractivity contribution is 5.73. The van der Waals surface area contributed by atoms with Gasteiger partial charge >= 0.3 is 5.97 Å². The molecule has 11 nitrogen and oxygen atoms in total. The summed E-state index contributed by atoms with van der Waals surface area (Å²) in [5, 5.41) is 56.3. The average molecular weight is 591 g/mol. The molecule has 2 unspecified atom stereocenters. The fourth-order valence-corrected chi connectivity index (χ4v) is 6.62. The van der Waals surface area contributed by atoms with Crippen molar-refractivity contribution in [1.82, 2.24) is 9.80 Å². The lowest BCUT2D eigenvalue weighted by atomic mass is 9.79. The quantitative estimate of drug-likeness (QED) is 0.298. The molecule has 2 rings (SSSR count). The minimum atomic E-state index is -1.72. The summed E-state index contributed by atoms with van der Waals surface area (Å²) < 4.78 is 18.3. The molecule has 41 heavy (non-hydrogen) atoms. The molecular weight excluding hydrogens is 532 g/mol. The molecule has 2 heterocycles. The van der Waals surface area contributed by atoms with Gasteiger partial charge in [0.1, 0.15) is 11.7 Å². The summed E-state index contributed by atoms with van der Waals surface area (Å²) in [6.45, 7) is 14.1. The number of hydrogen-bond donors (Lipinski definition) is 5. The maximum Gasteiger partial charge on any atom is 0.311 e. The fraction of sp³-hybridized carbons (Fsp3) is 0.967. The van der Waals surface area contributed by atoms with Gasteiger partial charge in [0, 0.05) is 31.0 Å². The van der Waals surface area contributed by atoms with E-state index in [9.17, 15) is 30.3 Å². The lowest BCUT2D eigenvalue weighted by molar-refractivity contribution is -0.269. The van der Waals surface area contributed by atoms with Gasteiger partial charge in [0.25, 0.3) is 0 Å². The van der Waals surface area contributed by atoms with E-state index in [4.69, 9.17) is 14.2 Å². The lowest BCUT2D eigenvalue weighted by Crippen LogP contribution is -2.56. The maximum atomic E-state index is 13.6. The first-order chi connectivity index (χ1) is 18.8. The number of nitrogens with zero attached hydrogens (tertiary/aromatic N) is 2. The molecule has 0 aromatic carbocycles. The van der Waals surface area contributed by atoms with Crippen LogP contribution in [0.1, 0.15) is 74.7 Å². The Morgan fingerprint density at radius 2 is 1.63 bits per heavy atom. The van der Waals surface area contributed by atoms with Crippen molar-refractivity contribution in [3.63, 3.8) is 0 Å². The topological polar surface area (TPSA) is 152 Å². The molecule has 0 bridgehead atoms. The lowest BCUT2D eigenvalue weighted by Gasteiger charge is -2.44. The Kier molecular flexibility index (Phi) is 12.6. The van der Waals surface area contributed by atoms with Crippen LogP contribution in [0.5, 0.6) is 0 Å². The highest BCUT2D eigenvalue weighted by atomic mass is 16.7. The van der Waals surface area contributed by atoms with Gasteiger partial charge in [-0.3, -0.25) is 4.79 Å². The first kappa shape index (κ1) is 36.3. The Balaban J connectivity index is 2.52. The number of carbonyl (C=O) groups is 1. The SMILES string of the molecule is CC[C@H]1OC(=O)[C@H](C)[C@@H](O[C@H]2CC(N(C)C)C(O)[C@@H](C)O2)[C@H](C)[C@@H](O)[C@](C)(O)C[C@@H](C)N(C)C[C@H](C)[C@@H](O)[C@]1(C)O. The van der Waals surface area contributed by atoms with Crippen molar-refractivity contribution in [2.24, 2.45) is 17.8 Å². The monoisotopic (exact) mass is 590 g/mol. The Morgan fingerprint density at radius 1 is 1.05 bits per heavy atom. The minimum absolute atomic E-state index is 0.182. The molecule has 0 amide bonds. The molecule has 14 atom stereocenters. The van der Waals surface area contributed by atoms with E-state index in [0.29, 0.717) is 13.0 Å².